The average Bonchev–Trinajstić information content (AvgIpc) is 2.02. The topological polar surface area (TPSA) is 27.0 Å². The normalized spacial score (nSPS) is 55.4. The molecule has 3 unspecified atom stereocenters. The largest absolute Gasteiger partial charge is 0.287 e. The summed E-state index contributed by atoms with van der Waals surface area (Å²) in [5, 5.41) is 9.01. The molecular weight excluding hydrogens is 148 g/mol. The zero-order chi connectivity index (χ0) is 8.13. The third kappa shape index (κ3) is 0.778. The van der Waals surface area contributed by atoms with Gasteiger partial charge in [-0.2, -0.15) is 5.26 Å². The molecule has 1 saturated carbocycles. The van der Waals surface area contributed by atoms with Gasteiger partial charge in [-0.1, -0.05) is 0 Å². The Morgan fingerprint density at radius 3 is 2.25 bits per heavy atom. The van der Waals surface area contributed by atoms with Crippen molar-refractivity contribution in [3.05, 3.63) is 0 Å². The van der Waals surface area contributed by atoms with Crippen LogP contribution in [-0.2, 0) is 0 Å². The van der Waals surface area contributed by atoms with E-state index in [1.807, 2.05) is 0 Å². The summed E-state index contributed by atoms with van der Waals surface area (Å²) in [6.45, 7) is 2.43. The van der Waals surface area contributed by atoms with Crippen LogP contribution in [0.3, 0.4) is 0 Å². The van der Waals surface area contributed by atoms with Crippen molar-refractivity contribution in [1.29, 1.82) is 5.26 Å². The summed E-state index contributed by atoms with van der Waals surface area (Å²) in [5.41, 5.74) is 0. The molecule has 0 amide bonds. The van der Waals surface area contributed by atoms with Crippen LogP contribution in [0, 0.1) is 29.1 Å². The summed E-state index contributed by atoms with van der Waals surface area (Å²) in [7, 11) is 0. The number of rotatable bonds is 0. The van der Waals surface area contributed by atoms with Crippen molar-refractivity contribution in [2.24, 2.45) is 17.8 Å². The fraction of sp³-hybridized carbons (Fsp3) is 0.900. The molecule has 4 aliphatic rings. The Labute approximate surface area is 73.2 Å². The monoisotopic (exact) mass is 162 g/mol. The zero-order valence-electron chi connectivity index (χ0n) is 7.24. The quantitative estimate of drug-likeness (QED) is 0.536. The second kappa shape index (κ2) is 2.23. The van der Waals surface area contributed by atoms with Crippen molar-refractivity contribution in [3.63, 3.8) is 0 Å². The van der Waals surface area contributed by atoms with Crippen molar-refractivity contribution < 1.29 is 0 Å². The van der Waals surface area contributed by atoms with Crippen LogP contribution < -0.4 is 0 Å². The molecule has 0 spiro atoms. The van der Waals surface area contributed by atoms with E-state index in [2.05, 4.69) is 11.0 Å². The molecule has 3 atom stereocenters. The Morgan fingerprint density at radius 1 is 1.08 bits per heavy atom. The minimum absolute atomic E-state index is 0.276. The number of hydrogen-bond acceptors (Lipinski definition) is 2. The van der Waals surface area contributed by atoms with Gasteiger partial charge in [-0.3, -0.25) is 4.90 Å². The first-order chi connectivity index (χ1) is 5.86. The fourth-order valence-corrected chi connectivity index (χ4v) is 3.62. The minimum Gasteiger partial charge on any atom is -0.287 e. The van der Waals surface area contributed by atoms with Crippen molar-refractivity contribution in [2.75, 3.05) is 13.1 Å². The van der Waals surface area contributed by atoms with E-state index < -0.39 is 0 Å². The lowest BCUT2D eigenvalue weighted by Gasteiger charge is -2.54. The first-order valence-electron chi connectivity index (χ1n) is 5.00. The molecule has 0 aromatic heterocycles. The van der Waals surface area contributed by atoms with E-state index in [0.29, 0.717) is 0 Å². The fourth-order valence-electron chi connectivity index (χ4n) is 3.62. The number of nitriles is 1. The molecule has 4 bridgehead atoms. The lowest BCUT2D eigenvalue weighted by atomic mass is 9.65. The maximum absolute atomic E-state index is 9.01. The van der Waals surface area contributed by atoms with Gasteiger partial charge in [0.1, 0.15) is 6.04 Å². The van der Waals surface area contributed by atoms with E-state index in [1.54, 1.807) is 0 Å². The SMILES string of the molecule is N#CC1C2CC3CC(C2)CN1C3. The van der Waals surface area contributed by atoms with E-state index in [-0.39, 0.29) is 6.04 Å². The molecule has 4 fully saturated rings. The molecule has 64 valence electrons. The molecule has 0 aromatic carbocycles. The van der Waals surface area contributed by atoms with Crippen LogP contribution in [0.2, 0.25) is 0 Å². The third-order valence-corrected chi connectivity index (χ3v) is 3.90. The van der Waals surface area contributed by atoms with Gasteiger partial charge in [0, 0.05) is 13.1 Å². The minimum atomic E-state index is 0.276. The van der Waals surface area contributed by atoms with Gasteiger partial charge in [-0.05, 0) is 37.0 Å². The predicted molar refractivity (Wildman–Crippen MR) is 45.3 cm³/mol. The van der Waals surface area contributed by atoms with E-state index in [4.69, 9.17) is 5.26 Å². The second-order valence-corrected chi connectivity index (χ2v) is 4.73. The number of nitrogens with zero attached hydrogens (tertiary/aromatic N) is 2. The van der Waals surface area contributed by atoms with Gasteiger partial charge in [0.25, 0.3) is 0 Å². The molecule has 0 radical (unpaired) electrons. The highest BCUT2D eigenvalue weighted by Gasteiger charge is 2.46. The Bertz CT molecular complexity index is 213. The lowest BCUT2D eigenvalue weighted by Crippen LogP contribution is -2.58. The number of piperidine rings is 3. The van der Waals surface area contributed by atoms with Gasteiger partial charge >= 0.3 is 0 Å². The zero-order valence-corrected chi connectivity index (χ0v) is 7.24. The van der Waals surface area contributed by atoms with E-state index in [9.17, 15) is 0 Å². The van der Waals surface area contributed by atoms with Crippen LogP contribution in [-0.4, -0.2) is 24.0 Å². The van der Waals surface area contributed by atoms with Crippen molar-refractivity contribution in [1.82, 2.24) is 4.90 Å². The highest BCUT2D eigenvalue weighted by molar-refractivity contribution is 5.07. The first kappa shape index (κ1) is 6.91. The molecular formula is C10H14N2. The second-order valence-electron chi connectivity index (χ2n) is 4.73. The summed E-state index contributed by atoms with van der Waals surface area (Å²) in [6.07, 6.45) is 4.13. The molecule has 0 aromatic rings. The summed E-state index contributed by atoms with van der Waals surface area (Å²) in [5.74, 6) is 2.60. The molecule has 4 rings (SSSR count). The Kier molecular flexibility index (Phi) is 1.29. The van der Waals surface area contributed by atoms with Crippen LogP contribution in [0.25, 0.3) is 0 Å². The van der Waals surface area contributed by atoms with E-state index in [0.717, 1.165) is 17.8 Å². The molecule has 2 heteroatoms. The smallest absolute Gasteiger partial charge is 0.101 e. The summed E-state index contributed by atoms with van der Waals surface area (Å²) < 4.78 is 0. The van der Waals surface area contributed by atoms with Crippen molar-refractivity contribution in [3.8, 4) is 6.07 Å². The van der Waals surface area contributed by atoms with Crippen LogP contribution >= 0.6 is 0 Å². The van der Waals surface area contributed by atoms with E-state index in [1.165, 1.54) is 32.4 Å². The van der Waals surface area contributed by atoms with Crippen LogP contribution in [0.4, 0.5) is 0 Å². The van der Waals surface area contributed by atoms with Gasteiger partial charge in [-0.25, -0.2) is 0 Å². The van der Waals surface area contributed by atoms with Gasteiger partial charge < -0.3 is 0 Å². The Hall–Kier alpha value is -0.550. The maximum Gasteiger partial charge on any atom is 0.101 e. The average molecular weight is 162 g/mol. The van der Waals surface area contributed by atoms with Gasteiger partial charge in [0.05, 0.1) is 6.07 Å². The van der Waals surface area contributed by atoms with Crippen molar-refractivity contribution in [2.45, 2.75) is 25.3 Å². The highest BCUT2D eigenvalue weighted by atomic mass is 15.2. The van der Waals surface area contributed by atoms with Crippen LogP contribution in [0.1, 0.15) is 19.3 Å². The molecule has 12 heavy (non-hydrogen) atoms. The summed E-state index contributed by atoms with van der Waals surface area (Å²) >= 11 is 0. The van der Waals surface area contributed by atoms with Crippen LogP contribution in [0.15, 0.2) is 0 Å². The van der Waals surface area contributed by atoms with Gasteiger partial charge in [0.2, 0.25) is 0 Å². The molecule has 2 nitrogen and oxygen atoms in total. The molecule has 3 heterocycles. The molecule has 3 aliphatic heterocycles. The van der Waals surface area contributed by atoms with Crippen LogP contribution in [0.5, 0.6) is 0 Å². The lowest BCUT2D eigenvalue weighted by molar-refractivity contribution is -0.0437. The molecule has 1 aliphatic carbocycles. The highest BCUT2D eigenvalue weighted by Crippen LogP contribution is 2.46. The van der Waals surface area contributed by atoms with Gasteiger partial charge in [-0.15, -0.1) is 0 Å². The maximum atomic E-state index is 9.01. The first-order valence-corrected chi connectivity index (χ1v) is 5.00. The summed E-state index contributed by atoms with van der Waals surface area (Å²) in [4.78, 5) is 2.43. The van der Waals surface area contributed by atoms with Gasteiger partial charge in [0.15, 0.2) is 0 Å². The standard InChI is InChI=1S/C10H14N2/c11-4-10-9-2-7-1-8(3-9)6-12(10)5-7/h7-10H,1-3,5-6H2. The predicted octanol–water partition coefficient (Wildman–Crippen LogP) is 1.24. The molecule has 3 saturated heterocycles. The number of hydrogen-bond donors (Lipinski definition) is 0. The Balaban J connectivity index is 1.91. The third-order valence-electron chi connectivity index (χ3n) is 3.90. The van der Waals surface area contributed by atoms with Crippen molar-refractivity contribution >= 4 is 0 Å². The Morgan fingerprint density at radius 2 is 1.75 bits per heavy atom. The van der Waals surface area contributed by atoms with E-state index >= 15 is 0 Å². The summed E-state index contributed by atoms with van der Waals surface area (Å²) in [6, 6.07) is 2.75. The molecule has 0 N–H and O–H groups in total.